The number of nitrogens with one attached hydrogen (secondary N) is 1. The predicted octanol–water partition coefficient (Wildman–Crippen LogP) is -0.195. The van der Waals surface area contributed by atoms with Crippen molar-refractivity contribution >= 4 is 18.0 Å². The highest BCUT2D eigenvalue weighted by atomic mass is 16.5. The van der Waals surface area contributed by atoms with Gasteiger partial charge in [0, 0.05) is 19.2 Å². The number of carbonyl (C=O) groups excluding carboxylic acids is 2. The highest BCUT2D eigenvalue weighted by Crippen LogP contribution is 2.03. The molecule has 0 unspecified atom stereocenters. The van der Waals surface area contributed by atoms with Gasteiger partial charge in [0.05, 0.1) is 13.5 Å². The average Bonchev–Trinajstić information content (AvgIpc) is 2.37. The molecule has 116 valence electrons. The molecular formula is C12H22N2O6. The normalized spacial score (nSPS) is 11.8. The van der Waals surface area contributed by atoms with Gasteiger partial charge in [-0.15, -0.1) is 0 Å². The molecule has 20 heavy (non-hydrogen) atoms. The highest BCUT2D eigenvalue weighted by molar-refractivity contribution is 5.86. The average molecular weight is 290 g/mol. The van der Waals surface area contributed by atoms with E-state index >= 15 is 0 Å². The summed E-state index contributed by atoms with van der Waals surface area (Å²) < 4.78 is 4.39. The van der Waals surface area contributed by atoms with Crippen molar-refractivity contribution < 1.29 is 29.3 Å². The van der Waals surface area contributed by atoms with Crippen LogP contribution in [0.3, 0.4) is 0 Å². The lowest BCUT2D eigenvalue weighted by molar-refractivity contribution is -0.147. The quantitative estimate of drug-likeness (QED) is 0.533. The second kappa shape index (κ2) is 9.13. The monoisotopic (exact) mass is 290 g/mol. The Bertz CT molecular complexity index is 345. The number of esters is 1. The molecule has 0 heterocycles. The first-order chi connectivity index (χ1) is 9.33. The lowest BCUT2D eigenvalue weighted by Crippen LogP contribution is -2.51. The van der Waals surface area contributed by atoms with Crippen molar-refractivity contribution in [1.29, 1.82) is 0 Å². The zero-order chi connectivity index (χ0) is 15.7. The van der Waals surface area contributed by atoms with E-state index in [1.807, 2.05) is 0 Å². The summed E-state index contributed by atoms with van der Waals surface area (Å²) in [6.45, 7) is 3.77. The minimum Gasteiger partial charge on any atom is -0.480 e. The lowest BCUT2D eigenvalue weighted by atomic mass is 10.2. The number of carboxylic acid groups (broad SMARTS) is 1. The Morgan fingerprint density at radius 2 is 1.90 bits per heavy atom. The summed E-state index contributed by atoms with van der Waals surface area (Å²) >= 11 is 0. The number of ether oxygens (including phenoxy) is 1. The van der Waals surface area contributed by atoms with Gasteiger partial charge in [-0.2, -0.15) is 0 Å². The molecular weight excluding hydrogens is 268 g/mol. The molecule has 0 saturated heterocycles. The first-order valence-corrected chi connectivity index (χ1v) is 6.31. The number of amides is 2. The van der Waals surface area contributed by atoms with Gasteiger partial charge >= 0.3 is 18.0 Å². The van der Waals surface area contributed by atoms with Crippen LogP contribution in [0.1, 0.15) is 26.7 Å². The number of rotatable bonds is 8. The molecule has 0 aromatic carbocycles. The molecule has 8 heteroatoms. The Kier molecular flexibility index (Phi) is 8.30. The Hall–Kier alpha value is -1.83. The molecule has 3 N–H and O–H groups in total. The number of carboxylic acids is 1. The Labute approximate surface area is 117 Å². The molecule has 0 bridgehead atoms. The van der Waals surface area contributed by atoms with Gasteiger partial charge in [0.1, 0.15) is 6.04 Å². The molecule has 2 amide bonds. The molecule has 0 saturated carbocycles. The van der Waals surface area contributed by atoms with E-state index in [0.717, 1.165) is 7.11 Å². The Morgan fingerprint density at radius 1 is 1.30 bits per heavy atom. The molecule has 0 aliphatic rings. The number of aliphatic hydroxyl groups is 1. The summed E-state index contributed by atoms with van der Waals surface area (Å²) in [5.74, 6) is -2.03. The number of carbonyl (C=O) groups is 3. The Morgan fingerprint density at radius 3 is 2.30 bits per heavy atom. The lowest BCUT2D eigenvalue weighted by Gasteiger charge is -2.28. The minimum atomic E-state index is -1.34. The maximum Gasteiger partial charge on any atom is 0.326 e. The summed E-state index contributed by atoms with van der Waals surface area (Å²) in [6.07, 6.45) is -0.0517. The van der Waals surface area contributed by atoms with Crippen molar-refractivity contribution in [1.82, 2.24) is 10.2 Å². The van der Waals surface area contributed by atoms with Crippen LogP contribution in [-0.2, 0) is 14.3 Å². The number of aliphatic carboxylic acids is 1. The third-order valence-corrected chi connectivity index (χ3v) is 2.64. The van der Waals surface area contributed by atoms with Gasteiger partial charge in [-0.25, -0.2) is 9.59 Å². The third-order valence-electron chi connectivity index (χ3n) is 2.64. The molecule has 0 rings (SSSR count). The molecule has 0 aromatic heterocycles. The van der Waals surface area contributed by atoms with Crippen LogP contribution >= 0.6 is 0 Å². The van der Waals surface area contributed by atoms with Crippen molar-refractivity contribution in [3.05, 3.63) is 0 Å². The predicted molar refractivity (Wildman–Crippen MR) is 70.1 cm³/mol. The topological polar surface area (TPSA) is 116 Å². The van der Waals surface area contributed by atoms with Gasteiger partial charge in [0.15, 0.2) is 0 Å². The van der Waals surface area contributed by atoms with Gasteiger partial charge < -0.3 is 25.2 Å². The number of urea groups is 1. The maximum atomic E-state index is 12.0. The molecule has 0 radical (unpaired) electrons. The van der Waals surface area contributed by atoms with E-state index in [1.165, 1.54) is 4.90 Å². The number of hydrogen-bond acceptors (Lipinski definition) is 5. The van der Waals surface area contributed by atoms with E-state index in [4.69, 9.17) is 10.2 Å². The van der Waals surface area contributed by atoms with Crippen LogP contribution in [-0.4, -0.2) is 65.4 Å². The molecule has 0 aromatic rings. The molecule has 0 aliphatic carbocycles. The van der Waals surface area contributed by atoms with E-state index in [2.05, 4.69) is 10.1 Å². The van der Waals surface area contributed by atoms with Gasteiger partial charge in [-0.1, -0.05) is 0 Å². The summed E-state index contributed by atoms with van der Waals surface area (Å²) in [4.78, 5) is 35.5. The van der Waals surface area contributed by atoms with E-state index in [1.54, 1.807) is 13.8 Å². The van der Waals surface area contributed by atoms with E-state index in [0.29, 0.717) is 13.0 Å². The Balaban J connectivity index is 4.70. The first-order valence-electron chi connectivity index (χ1n) is 6.31. The second-order valence-corrected chi connectivity index (χ2v) is 4.48. The number of methoxy groups -OCH3 is 1. The SMILES string of the molecule is COC(=O)C[C@H](NC(=O)N(CCCO)C(C)C)C(=O)O. The fourth-order valence-corrected chi connectivity index (χ4v) is 1.52. The van der Waals surface area contributed by atoms with Crippen molar-refractivity contribution in [3.63, 3.8) is 0 Å². The van der Waals surface area contributed by atoms with Crippen LogP contribution in [0.2, 0.25) is 0 Å². The third kappa shape index (κ3) is 6.37. The minimum absolute atomic E-state index is 0.0684. The van der Waals surface area contributed by atoms with Crippen LogP contribution in [0.25, 0.3) is 0 Å². The summed E-state index contributed by atoms with van der Waals surface area (Å²) in [5, 5.41) is 20.0. The van der Waals surface area contributed by atoms with E-state index in [-0.39, 0.29) is 12.6 Å². The number of hydrogen-bond donors (Lipinski definition) is 3. The van der Waals surface area contributed by atoms with Gasteiger partial charge in [-0.05, 0) is 20.3 Å². The summed E-state index contributed by atoms with van der Waals surface area (Å²) in [7, 11) is 1.14. The fraction of sp³-hybridized carbons (Fsp3) is 0.750. The summed E-state index contributed by atoms with van der Waals surface area (Å²) in [5.41, 5.74) is 0. The van der Waals surface area contributed by atoms with Gasteiger partial charge in [-0.3, -0.25) is 4.79 Å². The van der Waals surface area contributed by atoms with E-state index < -0.39 is 30.4 Å². The standard InChI is InChI=1S/C12H22N2O6/c1-8(2)14(5-4-6-15)12(19)13-9(11(17)18)7-10(16)20-3/h8-9,15H,4-7H2,1-3H3,(H,13,19)(H,17,18)/t9-/m0/s1. The van der Waals surface area contributed by atoms with Crippen molar-refractivity contribution in [2.24, 2.45) is 0 Å². The van der Waals surface area contributed by atoms with Gasteiger partial charge in [0.2, 0.25) is 0 Å². The second-order valence-electron chi connectivity index (χ2n) is 4.48. The molecule has 0 spiro atoms. The first kappa shape index (κ1) is 18.2. The zero-order valence-corrected chi connectivity index (χ0v) is 12.0. The van der Waals surface area contributed by atoms with Crippen LogP contribution in [0, 0.1) is 0 Å². The molecule has 0 aliphatic heterocycles. The van der Waals surface area contributed by atoms with Gasteiger partial charge in [0.25, 0.3) is 0 Å². The van der Waals surface area contributed by atoms with Crippen LogP contribution in [0.4, 0.5) is 4.79 Å². The highest BCUT2D eigenvalue weighted by Gasteiger charge is 2.26. The number of nitrogens with zero attached hydrogens (tertiary/aromatic N) is 1. The smallest absolute Gasteiger partial charge is 0.326 e. The largest absolute Gasteiger partial charge is 0.480 e. The van der Waals surface area contributed by atoms with Crippen LogP contribution in [0.15, 0.2) is 0 Å². The van der Waals surface area contributed by atoms with Crippen molar-refractivity contribution in [2.45, 2.75) is 38.8 Å². The number of aliphatic hydroxyl groups excluding tert-OH is 1. The van der Waals surface area contributed by atoms with E-state index in [9.17, 15) is 14.4 Å². The molecule has 1 atom stereocenters. The molecule has 0 fully saturated rings. The van der Waals surface area contributed by atoms with Crippen LogP contribution in [0.5, 0.6) is 0 Å². The fourth-order valence-electron chi connectivity index (χ4n) is 1.52. The van der Waals surface area contributed by atoms with Crippen molar-refractivity contribution in [2.75, 3.05) is 20.3 Å². The summed E-state index contributed by atoms with van der Waals surface area (Å²) in [6, 6.07) is -2.09. The van der Waals surface area contributed by atoms with Crippen LogP contribution < -0.4 is 5.32 Å². The molecule has 8 nitrogen and oxygen atoms in total. The zero-order valence-electron chi connectivity index (χ0n) is 12.0. The maximum absolute atomic E-state index is 12.0. The van der Waals surface area contributed by atoms with Crippen molar-refractivity contribution in [3.8, 4) is 0 Å².